The van der Waals surface area contributed by atoms with Crippen LogP contribution in [0.2, 0.25) is 5.02 Å². The van der Waals surface area contributed by atoms with Gasteiger partial charge >= 0.3 is 0 Å². The predicted octanol–water partition coefficient (Wildman–Crippen LogP) is 4.73. The Kier molecular flexibility index (Phi) is 5.94. The molecule has 6 heteroatoms. The van der Waals surface area contributed by atoms with E-state index in [1.165, 1.54) is 0 Å². The summed E-state index contributed by atoms with van der Waals surface area (Å²) < 4.78 is 5.38. The van der Waals surface area contributed by atoms with Gasteiger partial charge in [-0.1, -0.05) is 41.9 Å². The Morgan fingerprint density at radius 1 is 1.15 bits per heavy atom. The Hall–Kier alpha value is -3.05. The molecule has 2 aromatic carbocycles. The summed E-state index contributed by atoms with van der Waals surface area (Å²) in [5.41, 5.74) is 3.79. The van der Waals surface area contributed by atoms with Gasteiger partial charge < -0.3 is 15.4 Å². The number of anilines is 2. The molecule has 1 aromatic heterocycles. The van der Waals surface area contributed by atoms with Crippen molar-refractivity contribution >= 4 is 28.9 Å². The lowest BCUT2D eigenvalue weighted by Gasteiger charge is -2.13. The van der Waals surface area contributed by atoms with Crippen LogP contribution in [0.15, 0.2) is 60.8 Å². The van der Waals surface area contributed by atoms with Gasteiger partial charge in [0.15, 0.2) is 0 Å². The molecule has 138 valence electrons. The summed E-state index contributed by atoms with van der Waals surface area (Å²) in [4.78, 5) is 16.6. The summed E-state index contributed by atoms with van der Waals surface area (Å²) in [7, 11) is 1.58. The topological polar surface area (TPSA) is 63.2 Å². The van der Waals surface area contributed by atoms with Crippen molar-refractivity contribution < 1.29 is 9.53 Å². The zero-order chi connectivity index (χ0) is 19.2. The lowest BCUT2D eigenvalue weighted by atomic mass is 10.2. The number of ether oxygens (including phenoxy) is 1. The van der Waals surface area contributed by atoms with Crippen LogP contribution in [0.3, 0.4) is 0 Å². The first-order chi connectivity index (χ1) is 13.1. The second-order valence-corrected chi connectivity index (χ2v) is 6.43. The van der Waals surface area contributed by atoms with Crippen LogP contribution < -0.4 is 15.4 Å². The summed E-state index contributed by atoms with van der Waals surface area (Å²) in [6.45, 7) is 2.37. The fourth-order valence-corrected chi connectivity index (χ4v) is 2.74. The largest absolute Gasteiger partial charge is 0.495 e. The number of aromatic nitrogens is 1. The van der Waals surface area contributed by atoms with Gasteiger partial charge in [0.1, 0.15) is 11.4 Å². The molecule has 0 bridgehead atoms. The number of carbonyl (C=O) groups is 1. The van der Waals surface area contributed by atoms with Crippen molar-refractivity contribution in [3.05, 3.63) is 82.6 Å². The minimum atomic E-state index is -0.234. The van der Waals surface area contributed by atoms with E-state index in [9.17, 15) is 4.79 Å². The lowest BCUT2D eigenvalue weighted by molar-refractivity contribution is 0.0946. The molecule has 1 heterocycles. The van der Waals surface area contributed by atoms with Gasteiger partial charge in [-0.2, -0.15) is 0 Å². The van der Waals surface area contributed by atoms with Gasteiger partial charge in [0, 0.05) is 29.5 Å². The second kappa shape index (κ2) is 8.56. The highest BCUT2D eigenvalue weighted by atomic mass is 35.5. The maximum Gasteiger partial charge on any atom is 0.270 e. The van der Waals surface area contributed by atoms with E-state index >= 15 is 0 Å². The number of hydrogen-bond acceptors (Lipinski definition) is 4. The molecule has 3 rings (SSSR count). The van der Waals surface area contributed by atoms with E-state index in [1.54, 1.807) is 31.5 Å². The first kappa shape index (κ1) is 18.7. The average molecular weight is 382 g/mol. The standard InChI is InChI=1S/C21H20ClN3O2/c1-14-10-18(20(27-2)12-17(14)22)25-16-8-9-23-19(11-16)21(26)24-13-15-6-4-3-5-7-15/h3-12H,13H2,1-2H3,(H,23,25)(H,24,26). The van der Waals surface area contributed by atoms with Crippen LogP contribution in [0.1, 0.15) is 21.6 Å². The van der Waals surface area contributed by atoms with Crippen molar-refractivity contribution in [1.29, 1.82) is 0 Å². The molecule has 27 heavy (non-hydrogen) atoms. The number of halogens is 1. The second-order valence-electron chi connectivity index (χ2n) is 6.02. The first-order valence-electron chi connectivity index (χ1n) is 8.46. The van der Waals surface area contributed by atoms with E-state index in [2.05, 4.69) is 15.6 Å². The van der Waals surface area contributed by atoms with Gasteiger partial charge in [0.2, 0.25) is 0 Å². The molecule has 0 aliphatic carbocycles. The van der Waals surface area contributed by atoms with Gasteiger partial charge in [0.05, 0.1) is 12.8 Å². The van der Waals surface area contributed by atoms with Crippen LogP contribution >= 0.6 is 11.6 Å². The number of pyridine rings is 1. The number of rotatable bonds is 6. The summed E-state index contributed by atoms with van der Waals surface area (Å²) in [5, 5.41) is 6.76. The third kappa shape index (κ3) is 4.77. The van der Waals surface area contributed by atoms with E-state index in [0.717, 1.165) is 22.5 Å². The van der Waals surface area contributed by atoms with Crippen LogP contribution in [0.5, 0.6) is 5.75 Å². The Morgan fingerprint density at radius 2 is 1.93 bits per heavy atom. The van der Waals surface area contributed by atoms with Crippen LogP contribution in [0.25, 0.3) is 0 Å². The lowest BCUT2D eigenvalue weighted by Crippen LogP contribution is -2.23. The molecule has 0 aliphatic rings. The number of nitrogens with zero attached hydrogens (tertiary/aromatic N) is 1. The van der Waals surface area contributed by atoms with Crippen molar-refractivity contribution in [3.8, 4) is 5.75 Å². The maximum absolute atomic E-state index is 12.4. The maximum atomic E-state index is 12.4. The summed E-state index contributed by atoms with van der Waals surface area (Å²) in [6.07, 6.45) is 1.59. The van der Waals surface area contributed by atoms with Gasteiger partial charge in [-0.05, 0) is 36.2 Å². The fourth-order valence-electron chi connectivity index (χ4n) is 2.59. The van der Waals surface area contributed by atoms with Gasteiger partial charge in [-0.15, -0.1) is 0 Å². The van der Waals surface area contributed by atoms with E-state index in [1.807, 2.05) is 43.3 Å². The van der Waals surface area contributed by atoms with E-state index in [4.69, 9.17) is 16.3 Å². The van der Waals surface area contributed by atoms with Crippen LogP contribution in [-0.2, 0) is 6.54 Å². The molecular weight excluding hydrogens is 362 g/mol. The Balaban J connectivity index is 1.74. The number of hydrogen-bond donors (Lipinski definition) is 2. The smallest absolute Gasteiger partial charge is 0.270 e. The summed E-state index contributed by atoms with van der Waals surface area (Å²) >= 11 is 6.15. The molecule has 3 aromatic rings. The SMILES string of the molecule is COc1cc(Cl)c(C)cc1Nc1ccnc(C(=O)NCc2ccccc2)c1. The van der Waals surface area contributed by atoms with Crippen LogP contribution in [0, 0.1) is 6.92 Å². The summed E-state index contributed by atoms with van der Waals surface area (Å²) in [5.74, 6) is 0.388. The van der Waals surface area contributed by atoms with Crippen LogP contribution in [0.4, 0.5) is 11.4 Å². The monoisotopic (exact) mass is 381 g/mol. The van der Waals surface area contributed by atoms with Crippen LogP contribution in [-0.4, -0.2) is 18.0 Å². The van der Waals surface area contributed by atoms with Gasteiger partial charge in [0.25, 0.3) is 5.91 Å². The number of aryl methyl sites for hydroxylation is 1. The first-order valence-corrected chi connectivity index (χ1v) is 8.84. The van der Waals surface area contributed by atoms with E-state index in [-0.39, 0.29) is 5.91 Å². The van der Waals surface area contributed by atoms with Crippen molar-refractivity contribution in [2.24, 2.45) is 0 Å². The average Bonchev–Trinajstić information content (AvgIpc) is 2.69. The minimum Gasteiger partial charge on any atom is -0.495 e. The molecule has 0 spiro atoms. The van der Waals surface area contributed by atoms with Gasteiger partial charge in [-0.25, -0.2) is 0 Å². The van der Waals surface area contributed by atoms with E-state index in [0.29, 0.717) is 23.0 Å². The third-order valence-corrected chi connectivity index (χ3v) is 4.46. The van der Waals surface area contributed by atoms with Crippen molar-refractivity contribution in [2.75, 3.05) is 12.4 Å². The van der Waals surface area contributed by atoms with Gasteiger partial charge in [-0.3, -0.25) is 9.78 Å². The molecule has 2 N–H and O–H groups in total. The molecule has 0 fully saturated rings. The highest BCUT2D eigenvalue weighted by Gasteiger charge is 2.11. The third-order valence-electron chi connectivity index (χ3n) is 4.05. The molecule has 1 amide bonds. The zero-order valence-electron chi connectivity index (χ0n) is 15.1. The molecule has 0 saturated carbocycles. The zero-order valence-corrected chi connectivity index (χ0v) is 15.9. The van der Waals surface area contributed by atoms with Crippen molar-refractivity contribution in [1.82, 2.24) is 10.3 Å². The molecule has 0 unspecified atom stereocenters. The highest BCUT2D eigenvalue weighted by molar-refractivity contribution is 6.31. The minimum absolute atomic E-state index is 0.234. The molecule has 5 nitrogen and oxygen atoms in total. The Bertz CT molecular complexity index is 945. The number of carbonyl (C=O) groups excluding carboxylic acids is 1. The molecular formula is C21H20ClN3O2. The normalized spacial score (nSPS) is 10.3. The highest BCUT2D eigenvalue weighted by Crippen LogP contribution is 2.33. The predicted molar refractivity (Wildman–Crippen MR) is 108 cm³/mol. The number of methoxy groups -OCH3 is 1. The fraction of sp³-hybridized carbons (Fsp3) is 0.143. The number of benzene rings is 2. The quantitative estimate of drug-likeness (QED) is 0.648. The molecule has 0 atom stereocenters. The number of amides is 1. The van der Waals surface area contributed by atoms with Crippen molar-refractivity contribution in [2.45, 2.75) is 13.5 Å². The molecule has 0 saturated heterocycles. The molecule has 0 radical (unpaired) electrons. The summed E-state index contributed by atoms with van der Waals surface area (Å²) in [6, 6.07) is 16.9. The Labute approximate surface area is 163 Å². The van der Waals surface area contributed by atoms with Crippen molar-refractivity contribution in [3.63, 3.8) is 0 Å². The van der Waals surface area contributed by atoms with E-state index < -0.39 is 0 Å². The molecule has 0 aliphatic heterocycles. The Morgan fingerprint density at radius 3 is 2.67 bits per heavy atom. The number of nitrogens with one attached hydrogen (secondary N) is 2.